The fraction of sp³-hybridized carbons (Fsp3) is 0.579. The second-order valence-electron chi connectivity index (χ2n) is 8.02. The molecule has 2 aromatic heterocycles. The molecule has 30 heavy (non-hydrogen) atoms. The molecule has 0 aromatic carbocycles. The number of hydrogen-bond donors (Lipinski definition) is 1. The maximum atomic E-state index is 13.4. The quantitative estimate of drug-likeness (QED) is 0.743. The van der Waals surface area contributed by atoms with E-state index in [0.717, 1.165) is 11.3 Å². The number of carbonyl (C=O) groups excluding carboxylic acids is 2. The molecule has 3 heterocycles. The Labute approximate surface area is 179 Å². The summed E-state index contributed by atoms with van der Waals surface area (Å²) in [4.78, 5) is 35.3. The molecule has 2 aliphatic rings. The van der Waals surface area contributed by atoms with E-state index in [0.29, 0.717) is 34.2 Å². The first-order valence-electron chi connectivity index (χ1n) is 9.61. The highest BCUT2D eigenvalue weighted by Crippen LogP contribution is 2.59. The lowest BCUT2D eigenvalue weighted by atomic mass is 10.0. The monoisotopic (exact) mass is 458 g/mol. The molecule has 2 atom stereocenters. The van der Waals surface area contributed by atoms with Gasteiger partial charge in [0.2, 0.25) is 11.8 Å². The number of carbonyl (C=O) groups is 2. The average molecular weight is 459 g/mol. The number of amides is 2. The van der Waals surface area contributed by atoms with Crippen molar-refractivity contribution in [2.24, 2.45) is 11.7 Å². The van der Waals surface area contributed by atoms with Gasteiger partial charge in [0.1, 0.15) is 21.5 Å². The van der Waals surface area contributed by atoms with E-state index in [1.807, 2.05) is 6.92 Å². The lowest BCUT2D eigenvalue weighted by Crippen LogP contribution is -2.46. The van der Waals surface area contributed by atoms with Gasteiger partial charge < -0.3 is 10.6 Å². The lowest BCUT2D eigenvalue weighted by Gasteiger charge is -2.23. The van der Waals surface area contributed by atoms with E-state index < -0.39 is 23.5 Å². The van der Waals surface area contributed by atoms with Crippen LogP contribution in [0.2, 0.25) is 0 Å². The molecule has 11 heteroatoms. The van der Waals surface area contributed by atoms with Gasteiger partial charge >= 0.3 is 6.18 Å². The average Bonchev–Trinajstić information content (AvgIpc) is 2.98. The smallest absolute Gasteiger partial charge is 0.368 e. The molecular weight excluding hydrogens is 437 g/mol. The Kier molecular flexibility index (Phi) is 5.16. The number of likely N-dealkylation sites (tertiary alicyclic amines) is 1. The number of aromatic nitrogens is 2. The van der Waals surface area contributed by atoms with Gasteiger partial charge in [-0.25, -0.2) is 9.97 Å². The van der Waals surface area contributed by atoms with Crippen LogP contribution in [-0.2, 0) is 21.4 Å². The summed E-state index contributed by atoms with van der Waals surface area (Å²) in [6, 6.07) is -0.615. The summed E-state index contributed by atoms with van der Waals surface area (Å²) in [7, 11) is 0. The van der Waals surface area contributed by atoms with Crippen LogP contribution in [0, 0.1) is 12.8 Å². The van der Waals surface area contributed by atoms with Gasteiger partial charge in [-0.2, -0.15) is 13.2 Å². The molecule has 4 rings (SSSR count). The van der Waals surface area contributed by atoms with E-state index in [-0.39, 0.29) is 36.1 Å². The standard InChI is InChI=1S/C19H21F3N4O2S2/c1-9-3-6-26(14(9)16(23)28)13(27)7-12-24-10(2)15(30-12)11-8-29-17(25-11)18(4-5-18)19(20,21)22/h8-9,14H,3-7H2,1-2H3,(H2,23,28)/t9-,14+/m1/s1. The largest absolute Gasteiger partial charge is 0.400 e. The number of aryl methyl sites for hydroxylation is 1. The summed E-state index contributed by atoms with van der Waals surface area (Å²) in [5, 5.41) is 2.26. The van der Waals surface area contributed by atoms with Crippen molar-refractivity contribution in [1.82, 2.24) is 14.9 Å². The highest BCUT2D eigenvalue weighted by molar-refractivity contribution is 7.16. The van der Waals surface area contributed by atoms with E-state index in [1.54, 1.807) is 12.3 Å². The van der Waals surface area contributed by atoms with Crippen LogP contribution in [0.3, 0.4) is 0 Å². The van der Waals surface area contributed by atoms with Crippen LogP contribution in [0.25, 0.3) is 10.6 Å². The fourth-order valence-electron chi connectivity index (χ4n) is 4.00. The van der Waals surface area contributed by atoms with Crippen molar-refractivity contribution >= 4 is 34.5 Å². The van der Waals surface area contributed by atoms with E-state index in [2.05, 4.69) is 9.97 Å². The predicted octanol–water partition coefficient (Wildman–Crippen LogP) is 3.43. The van der Waals surface area contributed by atoms with Gasteiger partial charge in [0.05, 0.1) is 22.7 Å². The molecule has 1 saturated heterocycles. The van der Waals surface area contributed by atoms with Crippen molar-refractivity contribution in [1.29, 1.82) is 0 Å². The van der Waals surface area contributed by atoms with Crippen molar-refractivity contribution in [3.63, 3.8) is 0 Å². The van der Waals surface area contributed by atoms with E-state index >= 15 is 0 Å². The maximum absolute atomic E-state index is 13.4. The van der Waals surface area contributed by atoms with Crippen molar-refractivity contribution in [2.75, 3.05) is 6.54 Å². The van der Waals surface area contributed by atoms with Gasteiger partial charge in [-0.15, -0.1) is 22.7 Å². The molecule has 0 radical (unpaired) electrons. The normalized spacial score (nSPS) is 23.0. The minimum Gasteiger partial charge on any atom is -0.368 e. The first kappa shape index (κ1) is 21.2. The topological polar surface area (TPSA) is 89.2 Å². The number of alkyl halides is 3. The third kappa shape index (κ3) is 3.51. The summed E-state index contributed by atoms with van der Waals surface area (Å²) >= 11 is 2.27. The number of halogens is 3. The molecule has 0 bridgehead atoms. The molecular formula is C19H21F3N4O2S2. The van der Waals surface area contributed by atoms with Crippen molar-refractivity contribution in [3.05, 3.63) is 21.1 Å². The summed E-state index contributed by atoms with van der Waals surface area (Å²) in [5.74, 6) is -0.730. The third-order valence-electron chi connectivity index (χ3n) is 5.89. The molecule has 2 amide bonds. The molecule has 2 N–H and O–H groups in total. The summed E-state index contributed by atoms with van der Waals surface area (Å²) < 4.78 is 40.1. The highest BCUT2D eigenvalue weighted by Gasteiger charge is 2.66. The van der Waals surface area contributed by atoms with E-state index in [1.165, 1.54) is 16.2 Å². The number of hydrogen-bond acceptors (Lipinski definition) is 6. The van der Waals surface area contributed by atoms with Crippen LogP contribution in [0.4, 0.5) is 13.2 Å². The van der Waals surface area contributed by atoms with Crippen molar-refractivity contribution < 1.29 is 22.8 Å². The van der Waals surface area contributed by atoms with Gasteiger partial charge in [-0.05, 0) is 32.1 Å². The van der Waals surface area contributed by atoms with Crippen molar-refractivity contribution in [2.45, 2.75) is 57.2 Å². The molecule has 162 valence electrons. The summed E-state index contributed by atoms with van der Waals surface area (Å²) in [6.45, 7) is 4.11. The molecule has 6 nitrogen and oxygen atoms in total. The molecule has 1 aliphatic carbocycles. The molecule has 1 aliphatic heterocycles. The lowest BCUT2D eigenvalue weighted by molar-refractivity contribution is -0.160. The van der Waals surface area contributed by atoms with Crippen molar-refractivity contribution in [3.8, 4) is 10.6 Å². The first-order chi connectivity index (χ1) is 14.0. The predicted molar refractivity (Wildman–Crippen MR) is 107 cm³/mol. The van der Waals surface area contributed by atoms with Gasteiger partial charge in [0.15, 0.2) is 0 Å². The minimum absolute atomic E-state index is 0.0110. The van der Waals surface area contributed by atoms with Crippen LogP contribution < -0.4 is 5.73 Å². The Morgan fingerprint density at radius 3 is 2.63 bits per heavy atom. The minimum atomic E-state index is -4.30. The Hall–Kier alpha value is -2.01. The van der Waals surface area contributed by atoms with Crippen LogP contribution in [0.5, 0.6) is 0 Å². The zero-order valence-corrected chi connectivity index (χ0v) is 18.1. The highest BCUT2D eigenvalue weighted by atomic mass is 32.1. The van der Waals surface area contributed by atoms with Crippen LogP contribution in [-0.4, -0.2) is 45.4 Å². The van der Waals surface area contributed by atoms with Gasteiger partial charge in [-0.1, -0.05) is 6.92 Å². The number of primary amides is 1. The molecule has 2 fully saturated rings. The van der Waals surface area contributed by atoms with Gasteiger partial charge in [0, 0.05) is 11.9 Å². The molecule has 0 unspecified atom stereocenters. The summed E-state index contributed by atoms with van der Waals surface area (Å²) in [6.07, 6.45) is -3.43. The van der Waals surface area contributed by atoms with Gasteiger partial charge in [0.25, 0.3) is 0 Å². The Bertz CT molecular complexity index is 996. The second kappa shape index (κ2) is 7.30. The number of nitrogens with zero attached hydrogens (tertiary/aromatic N) is 3. The van der Waals surface area contributed by atoms with Gasteiger partial charge in [-0.3, -0.25) is 9.59 Å². The molecule has 1 saturated carbocycles. The molecule has 0 spiro atoms. The fourth-order valence-corrected chi connectivity index (χ4v) is 6.18. The van der Waals surface area contributed by atoms with Crippen LogP contribution >= 0.6 is 22.7 Å². The Morgan fingerprint density at radius 1 is 1.33 bits per heavy atom. The second-order valence-corrected chi connectivity index (χ2v) is 9.96. The van der Waals surface area contributed by atoms with E-state index in [9.17, 15) is 22.8 Å². The zero-order chi connectivity index (χ0) is 21.8. The zero-order valence-electron chi connectivity index (χ0n) is 16.5. The van der Waals surface area contributed by atoms with E-state index in [4.69, 9.17) is 5.73 Å². The Balaban J connectivity index is 1.52. The maximum Gasteiger partial charge on any atom is 0.400 e. The van der Waals surface area contributed by atoms with Crippen LogP contribution in [0.15, 0.2) is 5.38 Å². The summed E-state index contributed by atoms with van der Waals surface area (Å²) in [5.41, 5.74) is 4.74. The Morgan fingerprint density at radius 2 is 2.03 bits per heavy atom. The SMILES string of the molecule is Cc1nc(CC(=O)N2CC[C@@H](C)[C@H]2C(N)=O)sc1-c1csc(C2(C(F)(F)F)CC2)n1. The third-order valence-corrected chi connectivity index (χ3v) is 8.12. The molecule has 2 aromatic rings. The van der Waals surface area contributed by atoms with Crippen LogP contribution in [0.1, 0.15) is 41.9 Å². The first-order valence-corrected chi connectivity index (χ1v) is 11.3. The number of nitrogens with two attached hydrogens (primary N) is 1. The number of rotatable bonds is 5. The number of thiazole rings is 2.